The molecule has 0 saturated carbocycles. The molecule has 21 heavy (non-hydrogen) atoms. The normalized spacial score (nSPS) is 12.5. The van der Waals surface area contributed by atoms with Crippen LogP contribution in [0, 0.1) is 0 Å². The maximum absolute atomic E-state index is 11.8. The van der Waals surface area contributed by atoms with Crippen molar-refractivity contribution in [3.8, 4) is 0 Å². The smallest absolute Gasteiger partial charge is 0.244 e. The predicted octanol–water partition coefficient (Wildman–Crippen LogP) is 3.13. The van der Waals surface area contributed by atoms with Crippen LogP contribution in [0.4, 0.5) is 0 Å². The number of thiophene rings is 1. The number of aliphatic hydroxyl groups is 1. The van der Waals surface area contributed by atoms with Gasteiger partial charge in [-0.3, -0.25) is 4.79 Å². The van der Waals surface area contributed by atoms with E-state index in [0.29, 0.717) is 10.8 Å². The Balaban J connectivity index is 1.89. The number of carbonyl (C=O) groups is 1. The number of halogens is 1. The first kappa shape index (κ1) is 15.8. The van der Waals surface area contributed by atoms with Crippen molar-refractivity contribution in [1.29, 1.82) is 0 Å². The molecule has 2 aromatic rings. The van der Waals surface area contributed by atoms with Crippen LogP contribution in [-0.2, 0) is 11.2 Å². The number of benzene rings is 1. The molecule has 1 aromatic carbocycles. The molecule has 0 unspecified atom stereocenters. The number of nitrogens with one attached hydrogen (secondary N) is 1. The second kappa shape index (κ2) is 7.98. The van der Waals surface area contributed by atoms with E-state index in [1.165, 1.54) is 17.4 Å². The summed E-state index contributed by atoms with van der Waals surface area (Å²) in [6.45, 7) is -0.0979. The lowest BCUT2D eigenvalue weighted by Gasteiger charge is -2.15. The molecular weight excluding hydrogens is 306 g/mol. The lowest BCUT2D eigenvalue weighted by molar-refractivity contribution is -0.117. The zero-order valence-corrected chi connectivity index (χ0v) is 12.9. The second-order valence-corrected chi connectivity index (χ2v) is 6.30. The molecule has 0 bridgehead atoms. The molecule has 1 heterocycles. The van der Waals surface area contributed by atoms with Gasteiger partial charge in [0.25, 0.3) is 0 Å². The van der Waals surface area contributed by atoms with E-state index in [0.717, 1.165) is 10.4 Å². The Kier molecular flexibility index (Phi) is 5.99. The first-order valence-corrected chi connectivity index (χ1v) is 7.75. The van der Waals surface area contributed by atoms with Crippen molar-refractivity contribution >= 4 is 34.9 Å². The van der Waals surface area contributed by atoms with E-state index in [1.54, 1.807) is 12.1 Å². The SMILES string of the molecule is O=C(/C=C/c1ccc(Cl)s1)N[C@H](CO)Cc1ccccc1. The van der Waals surface area contributed by atoms with Crippen LogP contribution in [0.2, 0.25) is 4.34 Å². The van der Waals surface area contributed by atoms with Crippen LogP contribution < -0.4 is 5.32 Å². The molecule has 2 rings (SSSR count). The average molecular weight is 322 g/mol. The summed E-state index contributed by atoms with van der Waals surface area (Å²) >= 11 is 7.23. The maximum Gasteiger partial charge on any atom is 0.244 e. The largest absolute Gasteiger partial charge is 0.394 e. The van der Waals surface area contributed by atoms with Gasteiger partial charge < -0.3 is 10.4 Å². The lowest BCUT2D eigenvalue weighted by Crippen LogP contribution is -2.38. The van der Waals surface area contributed by atoms with Crippen molar-refractivity contribution in [2.24, 2.45) is 0 Å². The Morgan fingerprint density at radius 3 is 2.67 bits per heavy atom. The fourth-order valence-electron chi connectivity index (χ4n) is 1.88. The highest BCUT2D eigenvalue weighted by Gasteiger charge is 2.10. The van der Waals surface area contributed by atoms with Gasteiger partial charge in [-0.2, -0.15) is 0 Å². The van der Waals surface area contributed by atoms with Gasteiger partial charge in [0, 0.05) is 11.0 Å². The molecule has 1 aromatic heterocycles. The van der Waals surface area contributed by atoms with Crippen LogP contribution in [0.5, 0.6) is 0 Å². The molecule has 0 saturated heterocycles. The van der Waals surface area contributed by atoms with E-state index in [9.17, 15) is 9.90 Å². The quantitative estimate of drug-likeness (QED) is 0.803. The van der Waals surface area contributed by atoms with Gasteiger partial charge in [-0.15, -0.1) is 11.3 Å². The molecule has 0 fully saturated rings. The maximum atomic E-state index is 11.8. The molecule has 3 nitrogen and oxygen atoms in total. The summed E-state index contributed by atoms with van der Waals surface area (Å²) in [7, 11) is 0. The van der Waals surface area contributed by atoms with Crippen molar-refractivity contribution in [2.75, 3.05) is 6.61 Å². The Labute approximate surface area is 132 Å². The highest BCUT2D eigenvalue weighted by atomic mass is 35.5. The highest BCUT2D eigenvalue weighted by Crippen LogP contribution is 2.22. The van der Waals surface area contributed by atoms with Crippen molar-refractivity contribution in [1.82, 2.24) is 5.32 Å². The summed E-state index contributed by atoms with van der Waals surface area (Å²) in [4.78, 5) is 12.8. The van der Waals surface area contributed by atoms with Gasteiger partial charge in [-0.05, 0) is 30.2 Å². The molecule has 0 aliphatic rings. The van der Waals surface area contributed by atoms with Crippen LogP contribution in [0.3, 0.4) is 0 Å². The summed E-state index contributed by atoms with van der Waals surface area (Å²) in [5.41, 5.74) is 1.07. The topological polar surface area (TPSA) is 49.3 Å². The van der Waals surface area contributed by atoms with E-state index in [4.69, 9.17) is 11.6 Å². The van der Waals surface area contributed by atoms with E-state index in [2.05, 4.69) is 5.32 Å². The molecule has 0 radical (unpaired) electrons. The Hall–Kier alpha value is -1.62. The zero-order chi connectivity index (χ0) is 15.1. The van der Waals surface area contributed by atoms with Crippen molar-refractivity contribution < 1.29 is 9.90 Å². The van der Waals surface area contributed by atoms with Crippen LogP contribution in [0.15, 0.2) is 48.5 Å². The number of rotatable bonds is 6. The van der Waals surface area contributed by atoms with E-state index in [-0.39, 0.29) is 18.6 Å². The number of hydrogen-bond donors (Lipinski definition) is 2. The van der Waals surface area contributed by atoms with Crippen molar-refractivity contribution in [3.05, 3.63) is 63.3 Å². The lowest BCUT2D eigenvalue weighted by atomic mass is 10.1. The fraction of sp³-hybridized carbons (Fsp3) is 0.188. The highest BCUT2D eigenvalue weighted by molar-refractivity contribution is 7.17. The summed E-state index contributed by atoms with van der Waals surface area (Å²) in [6, 6.07) is 13.1. The summed E-state index contributed by atoms with van der Waals surface area (Å²) in [6.07, 6.45) is 3.76. The zero-order valence-electron chi connectivity index (χ0n) is 11.3. The third-order valence-corrected chi connectivity index (χ3v) is 4.08. The molecule has 1 atom stereocenters. The molecule has 5 heteroatoms. The summed E-state index contributed by atoms with van der Waals surface area (Å²) < 4.78 is 0.687. The number of carbonyl (C=O) groups excluding carboxylic acids is 1. The first-order chi connectivity index (χ1) is 10.2. The van der Waals surface area contributed by atoms with Gasteiger partial charge in [-0.25, -0.2) is 0 Å². The average Bonchev–Trinajstić information content (AvgIpc) is 2.91. The van der Waals surface area contributed by atoms with E-state index < -0.39 is 0 Å². The molecule has 0 aliphatic heterocycles. The Morgan fingerprint density at radius 2 is 2.05 bits per heavy atom. The van der Waals surface area contributed by atoms with Gasteiger partial charge in [0.1, 0.15) is 0 Å². The minimum absolute atomic E-state index is 0.0979. The van der Waals surface area contributed by atoms with Gasteiger partial charge in [-0.1, -0.05) is 41.9 Å². The third-order valence-electron chi connectivity index (χ3n) is 2.88. The molecule has 0 spiro atoms. The molecule has 110 valence electrons. The van der Waals surface area contributed by atoms with Crippen LogP contribution in [-0.4, -0.2) is 23.7 Å². The van der Waals surface area contributed by atoms with Crippen molar-refractivity contribution in [2.45, 2.75) is 12.5 Å². The van der Waals surface area contributed by atoms with E-state index >= 15 is 0 Å². The first-order valence-electron chi connectivity index (χ1n) is 6.56. The monoisotopic (exact) mass is 321 g/mol. The van der Waals surface area contributed by atoms with Gasteiger partial charge in [0.15, 0.2) is 0 Å². The van der Waals surface area contributed by atoms with Gasteiger partial charge in [0.05, 0.1) is 17.0 Å². The van der Waals surface area contributed by atoms with Crippen LogP contribution in [0.1, 0.15) is 10.4 Å². The van der Waals surface area contributed by atoms with Crippen LogP contribution >= 0.6 is 22.9 Å². The van der Waals surface area contributed by atoms with Gasteiger partial charge >= 0.3 is 0 Å². The minimum Gasteiger partial charge on any atom is -0.394 e. The molecule has 1 amide bonds. The number of hydrogen-bond acceptors (Lipinski definition) is 3. The van der Waals surface area contributed by atoms with Crippen molar-refractivity contribution in [3.63, 3.8) is 0 Å². The summed E-state index contributed by atoms with van der Waals surface area (Å²) in [5.74, 6) is -0.227. The molecule has 0 aliphatic carbocycles. The molecular formula is C16H16ClNO2S. The second-order valence-electron chi connectivity index (χ2n) is 4.55. The van der Waals surface area contributed by atoms with Crippen LogP contribution in [0.25, 0.3) is 6.08 Å². The number of aliphatic hydroxyl groups excluding tert-OH is 1. The fourth-order valence-corrected chi connectivity index (χ4v) is 2.85. The summed E-state index contributed by atoms with van der Waals surface area (Å²) in [5, 5.41) is 12.2. The minimum atomic E-state index is -0.295. The molecule has 2 N–H and O–H groups in total. The Morgan fingerprint density at radius 1 is 1.29 bits per heavy atom. The van der Waals surface area contributed by atoms with E-state index in [1.807, 2.05) is 36.4 Å². The Bertz CT molecular complexity index is 610. The predicted molar refractivity (Wildman–Crippen MR) is 87.5 cm³/mol. The standard InChI is InChI=1S/C16H16ClNO2S/c17-15-8-6-14(21-15)7-9-16(20)18-13(11-19)10-12-4-2-1-3-5-12/h1-9,13,19H,10-11H2,(H,18,20)/b9-7+/t13-/m0/s1. The third kappa shape index (κ3) is 5.34. The van der Waals surface area contributed by atoms with Gasteiger partial charge in [0.2, 0.25) is 5.91 Å². The number of amides is 1.